The minimum atomic E-state index is 0.775. The fraction of sp³-hybridized carbons (Fsp3) is 0.467. The van der Waals surface area contributed by atoms with Gasteiger partial charge in [0.15, 0.2) is 0 Å². The molecule has 3 heterocycles. The SMILES string of the molecule is CC1CCCN(Cn2nc3sc4ccccc4n3c2=S)C1. The minimum absolute atomic E-state index is 0.775. The summed E-state index contributed by atoms with van der Waals surface area (Å²) in [5.41, 5.74) is 1.17. The molecule has 0 spiro atoms. The fourth-order valence-electron chi connectivity index (χ4n) is 3.18. The molecule has 0 bridgehead atoms. The smallest absolute Gasteiger partial charge is 0.216 e. The maximum absolute atomic E-state index is 5.65. The van der Waals surface area contributed by atoms with Crippen LogP contribution in [0.5, 0.6) is 0 Å². The highest BCUT2D eigenvalue weighted by atomic mass is 32.1. The molecule has 1 saturated heterocycles. The molecule has 0 amide bonds. The molecule has 6 heteroatoms. The maximum Gasteiger partial charge on any atom is 0.216 e. The predicted molar refractivity (Wildman–Crippen MR) is 89.4 cm³/mol. The zero-order chi connectivity index (χ0) is 14.4. The maximum atomic E-state index is 5.65. The lowest BCUT2D eigenvalue weighted by atomic mass is 10.0. The Labute approximate surface area is 132 Å². The molecular formula is C15H18N4S2. The van der Waals surface area contributed by atoms with Gasteiger partial charge >= 0.3 is 0 Å². The Hall–Kier alpha value is -1.24. The van der Waals surface area contributed by atoms with Gasteiger partial charge in [-0.05, 0) is 49.7 Å². The van der Waals surface area contributed by atoms with E-state index in [-0.39, 0.29) is 0 Å². The molecule has 3 aromatic rings. The fourth-order valence-corrected chi connectivity index (χ4v) is 4.55. The second-order valence-electron chi connectivity index (χ2n) is 5.94. The van der Waals surface area contributed by atoms with Crippen molar-refractivity contribution in [2.24, 2.45) is 5.92 Å². The van der Waals surface area contributed by atoms with Gasteiger partial charge in [0.25, 0.3) is 0 Å². The number of hydrogen-bond acceptors (Lipinski definition) is 4. The van der Waals surface area contributed by atoms with E-state index in [0.717, 1.165) is 35.4 Å². The number of para-hydroxylation sites is 1. The van der Waals surface area contributed by atoms with E-state index in [9.17, 15) is 0 Å². The average Bonchev–Trinajstić information content (AvgIpc) is 2.97. The standard InChI is InChI=1S/C15H18N4S2/c1-11-5-4-8-17(9-11)10-18-15(20)19-12-6-2-3-7-13(12)21-14(19)16-18/h2-3,6-7,11H,4-5,8-10H2,1H3. The van der Waals surface area contributed by atoms with Crippen LogP contribution in [0.3, 0.4) is 0 Å². The van der Waals surface area contributed by atoms with Crippen LogP contribution in [0.25, 0.3) is 15.2 Å². The Morgan fingerprint density at radius 2 is 2.24 bits per heavy atom. The largest absolute Gasteiger partial charge is 0.284 e. The summed E-state index contributed by atoms with van der Waals surface area (Å²) in [5.74, 6) is 0.775. The van der Waals surface area contributed by atoms with Crippen molar-refractivity contribution in [3.63, 3.8) is 0 Å². The molecular weight excluding hydrogens is 300 g/mol. The number of likely N-dealkylation sites (tertiary alicyclic amines) is 1. The third-order valence-corrected chi connectivity index (χ3v) is 5.60. The number of thiazole rings is 1. The monoisotopic (exact) mass is 318 g/mol. The summed E-state index contributed by atoms with van der Waals surface area (Å²) >= 11 is 7.35. The first kappa shape index (κ1) is 13.4. The van der Waals surface area contributed by atoms with Crippen molar-refractivity contribution in [2.45, 2.75) is 26.4 Å². The van der Waals surface area contributed by atoms with Crippen molar-refractivity contribution in [1.82, 2.24) is 19.1 Å². The Morgan fingerprint density at radius 3 is 3.10 bits per heavy atom. The summed E-state index contributed by atoms with van der Waals surface area (Å²) in [4.78, 5) is 3.45. The Kier molecular flexibility index (Phi) is 3.32. The number of rotatable bonds is 2. The van der Waals surface area contributed by atoms with Crippen LogP contribution in [0, 0.1) is 10.7 Å². The van der Waals surface area contributed by atoms with Crippen molar-refractivity contribution >= 4 is 38.7 Å². The predicted octanol–water partition coefficient (Wildman–Crippen LogP) is 3.77. The Bertz CT molecular complexity index is 844. The van der Waals surface area contributed by atoms with E-state index in [1.54, 1.807) is 11.3 Å². The van der Waals surface area contributed by atoms with Gasteiger partial charge in [-0.2, -0.15) is 0 Å². The van der Waals surface area contributed by atoms with Gasteiger partial charge in [0.2, 0.25) is 9.73 Å². The molecule has 0 saturated carbocycles. The Morgan fingerprint density at radius 1 is 1.38 bits per heavy atom. The first-order valence-corrected chi connectivity index (χ1v) is 8.64. The number of hydrogen-bond donors (Lipinski definition) is 0. The molecule has 4 nitrogen and oxygen atoms in total. The summed E-state index contributed by atoms with van der Waals surface area (Å²) in [7, 11) is 0. The van der Waals surface area contributed by atoms with E-state index in [2.05, 4.69) is 40.5 Å². The van der Waals surface area contributed by atoms with E-state index in [1.807, 2.05) is 4.68 Å². The highest BCUT2D eigenvalue weighted by molar-refractivity contribution is 7.71. The summed E-state index contributed by atoms with van der Waals surface area (Å²) in [6, 6.07) is 8.36. The summed E-state index contributed by atoms with van der Waals surface area (Å²) < 4.78 is 6.12. The first-order chi connectivity index (χ1) is 10.2. The molecule has 0 radical (unpaired) electrons. The van der Waals surface area contributed by atoms with Crippen molar-refractivity contribution in [1.29, 1.82) is 0 Å². The van der Waals surface area contributed by atoms with Gasteiger partial charge in [-0.1, -0.05) is 30.4 Å². The van der Waals surface area contributed by atoms with Crippen LogP contribution >= 0.6 is 23.6 Å². The molecule has 4 rings (SSSR count). The van der Waals surface area contributed by atoms with Gasteiger partial charge in [-0.15, -0.1) is 5.10 Å². The molecule has 110 valence electrons. The van der Waals surface area contributed by atoms with Gasteiger partial charge in [0.1, 0.15) is 0 Å². The molecule has 1 atom stereocenters. The van der Waals surface area contributed by atoms with E-state index in [1.165, 1.54) is 23.1 Å². The minimum Gasteiger partial charge on any atom is -0.284 e. The van der Waals surface area contributed by atoms with E-state index in [4.69, 9.17) is 17.3 Å². The lowest BCUT2D eigenvalue weighted by Crippen LogP contribution is -2.36. The lowest BCUT2D eigenvalue weighted by molar-refractivity contribution is 0.138. The zero-order valence-corrected chi connectivity index (χ0v) is 13.7. The summed E-state index contributed by atoms with van der Waals surface area (Å²) in [6.07, 6.45) is 2.62. The molecule has 2 aromatic heterocycles. The number of benzene rings is 1. The van der Waals surface area contributed by atoms with Crippen LogP contribution in [-0.2, 0) is 6.67 Å². The third kappa shape index (κ3) is 2.31. The summed E-state index contributed by atoms with van der Waals surface area (Å²) in [6.45, 7) is 5.43. The molecule has 1 aromatic carbocycles. The van der Waals surface area contributed by atoms with Gasteiger partial charge in [0.05, 0.1) is 16.9 Å². The van der Waals surface area contributed by atoms with Crippen LogP contribution < -0.4 is 0 Å². The van der Waals surface area contributed by atoms with E-state index >= 15 is 0 Å². The highest BCUT2D eigenvalue weighted by Crippen LogP contribution is 2.26. The lowest BCUT2D eigenvalue weighted by Gasteiger charge is -2.30. The Balaban J connectivity index is 1.73. The van der Waals surface area contributed by atoms with Gasteiger partial charge in [0, 0.05) is 6.54 Å². The molecule has 1 aliphatic rings. The highest BCUT2D eigenvalue weighted by Gasteiger charge is 2.18. The third-order valence-electron chi connectivity index (χ3n) is 4.19. The molecule has 1 aliphatic heterocycles. The van der Waals surface area contributed by atoms with Crippen LogP contribution in [0.4, 0.5) is 0 Å². The number of piperidine rings is 1. The molecule has 1 unspecified atom stereocenters. The average molecular weight is 318 g/mol. The quantitative estimate of drug-likeness (QED) is 0.673. The molecule has 1 fully saturated rings. The van der Waals surface area contributed by atoms with Crippen LogP contribution in [0.15, 0.2) is 24.3 Å². The van der Waals surface area contributed by atoms with Gasteiger partial charge in [-0.3, -0.25) is 9.30 Å². The molecule has 21 heavy (non-hydrogen) atoms. The first-order valence-electron chi connectivity index (χ1n) is 7.42. The molecule has 0 N–H and O–H groups in total. The normalized spacial score (nSPS) is 20.5. The molecule has 0 aliphatic carbocycles. The van der Waals surface area contributed by atoms with Crippen molar-refractivity contribution in [3.05, 3.63) is 29.0 Å². The van der Waals surface area contributed by atoms with Crippen LogP contribution in [-0.4, -0.2) is 32.2 Å². The number of fused-ring (bicyclic) bond motifs is 3. The van der Waals surface area contributed by atoms with E-state index < -0.39 is 0 Å². The number of nitrogens with zero attached hydrogens (tertiary/aromatic N) is 4. The van der Waals surface area contributed by atoms with Crippen molar-refractivity contribution < 1.29 is 0 Å². The number of aromatic nitrogens is 3. The van der Waals surface area contributed by atoms with Gasteiger partial charge < -0.3 is 0 Å². The zero-order valence-electron chi connectivity index (χ0n) is 12.0. The van der Waals surface area contributed by atoms with E-state index in [0.29, 0.717) is 0 Å². The van der Waals surface area contributed by atoms with Crippen LogP contribution in [0.1, 0.15) is 19.8 Å². The topological polar surface area (TPSA) is 25.5 Å². The second-order valence-corrected chi connectivity index (χ2v) is 7.31. The van der Waals surface area contributed by atoms with Gasteiger partial charge in [-0.25, -0.2) is 4.68 Å². The van der Waals surface area contributed by atoms with Crippen LogP contribution in [0.2, 0.25) is 0 Å². The van der Waals surface area contributed by atoms with Crippen molar-refractivity contribution in [3.8, 4) is 0 Å². The second kappa shape index (κ2) is 5.19. The van der Waals surface area contributed by atoms with Crippen molar-refractivity contribution in [2.75, 3.05) is 13.1 Å². The summed E-state index contributed by atoms with van der Waals surface area (Å²) in [5, 5.41) is 4.72.